The average Bonchev–Trinajstić information content (AvgIpc) is 3.40. The molecule has 36 heavy (non-hydrogen) atoms. The monoisotopic (exact) mass is 497 g/mol. The highest BCUT2D eigenvalue weighted by Gasteiger charge is 2.22. The normalized spacial score (nSPS) is 10.6. The number of ether oxygens (including phenoxy) is 2. The fraction of sp³-hybridized carbons (Fsp3) is 0.333. The van der Waals surface area contributed by atoms with Crippen molar-refractivity contribution < 1.29 is 27.9 Å². The van der Waals surface area contributed by atoms with Crippen LogP contribution < -0.4 is 10.1 Å². The van der Waals surface area contributed by atoms with Crippen molar-refractivity contribution in [1.82, 2.24) is 9.80 Å². The van der Waals surface area contributed by atoms with Crippen molar-refractivity contribution in [3.8, 4) is 5.75 Å². The summed E-state index contributed by atoms with van der Waals surface area (Å²) < 4.78 is 29.4. The number of halogens is 1. The summed E-state index contributed by atoms with van der Waals surface area (Å²) in [5.74, 6) is 0.664. The fourth-order valence-corrected chi connectivity index (χ4v) is 3.53. The molecular formula is C27H32FN3O5. The van der Waals surface area contributed by atoms with E-state index in [1.807, 2.05) is 6.92 Å². The van der Waals surface area contributed by atoms with Gasteiger partial charge >= 0.3 is 6.03 Å². The second-order valence-electron chi connectivity index (χ2n) is 8.09. The van der Waals surface area contributed by atoms with Crippen LogP contribution in [0, 0.1) is 5.82 Å². The van der Waals surface area contributed by atoms with Gasteiger partial charge in [-0.2, -0.15) is 0 Å². The van der Waals surface area contributed by atoms with E-state index in [0.717, 1.165) is 5.56 Å². The molecule has 3 aromatic rings. The summed E-state index contributed by atoms with van der Waals surface area (Å²) in [6.45, 7) is 3.60. The molecule has 0 aliphatic carbocycles. The quantitative estimate of drug-likeness (QED) is 0.339. The van der Waals surface area contributed by atoms with Crippen LogP contribution in [0.15, 0.2) is 71.3 Å². The van der Waals surface area contributed by atoms with Crippen molar-refractivity contribution >= 4 is 17.6 Å². The first kappa shape index (κ1) is 26.7. The van der Waals surface area contributed by atoms with Gasteiger partial charge in [-0.3, -0.25) is 4.79 Å². The highest BCUT2D eigenvalue weighted by atomic mass is 19.1. The standard InChI is InChI=1S/C27H32FN3O5/c1-3-35-16-5-15-30(27(33)29-23-11-13-24(34-2)14-12-23)20-26(32)31(19-25-6-4-17-36-25)18-21-7-9-22(28)10-8-21/h4,6-14,17H,3,5,15-16,18-20H2,1-2H3,(H,29,33). The van der Waals surface area contributed by atoms with Crippen LogP contribution in [0.25, 0.3) is 0 Å². The van der Waals surface area contributed by atoms with E-state index in [1.54, 1.807) is 60.5 Å². The molecule has 0 aliphatic heterocycles. The van der Waals surface area contributed by atoms with Crippen LogP contribution in [0.1, 0.15) is 24.7 Å². The van der Waals surface area contributed by atoms with Gasteiger partial charge in [-0.1, -0.05) is 12.1 Å². The van der Waals surface area contributed by atoms with E-state index in [-0.39, 0.29) is 31.4 Å². The number of nitrogens with zero attached hydrogens (tertiary/aromatic N) is 2. The van der Waals surface area contributed by atoms with Gasteiger partial charge in [0, 0.05) is 32.0 Å². The summed E-state index contributed by atoms with van der Waals surface area (Å²) in [5, 5.41) is 2.84. The Bertz CT molecular complexity index is 1070. The minimum absolute atomic E-state index is 0.143. The zero-order valence-electron chi connectivity index (χ0n) is 20.6. The Morgan fingerprint density at radius 2 is 1.75 bits per heavy atom. The topological polar surface area (TPSA) is 84.2 Å². The van der Waals surface area contributed by atoms with E-state index in [2.05, 4.69) is 5.32 Å². The second-order valence-corrected chi connectivity index (χ2v) is 8.09. The lowest BCUT2D eigenvalue weighted by molar-refractivity contribution is -0.133. The predicted molar refractivity (Wildman–Crippen MR) is 134 cm³/mol. The van der Waals surface area contributed by atoms with Crippen LogP contribution in [-0.4, -0.2) is 55.2 Å². The molecule has 192 valence electrons. The number of furan rings is 1. The van der Waals surface area contributed by atoms with Gasteiger partial charge in [0.05, 0.1) is 19.9 Å². The summed E-state index contributed by atoms with van der Waals surface area (Å²) in [6, 6.07) is 16.1. The molecule has 0 aliphatic rings. The largest absolute Gasteiger partial charge is 0.497 e. The third-order valence-corrected chi connectivity index (χ3v) is 5.44. The summed E-state index contributed by atoms with van der Waals surface area (Å²) in [5.41, 5.74) is 1.35. The molecule has 1 N–H and O–H groups in total. The molecule has 0 unspecified atom stereocenters. The van der Waals surface area contributed by atoms with Crippen LogP contribution in [0.5, 0.6) is 5.75 Å². The molecule has 0 fully saturated rings. The average molecular weight is 498 g/mol. The second kappa shape index (κ2) is 13.9. The first-order valence-electron chi connectivity index (χ1n) is 11.8. The molecule has 1 heterocycles. The van der Waals surface area contributed by atoms with Gasteiger partial charge in [-0.05, 0) is 67.4 Å². The van der Waals surface area contributed by atoms with E-state index in [1.165, 1.54) is 23.3 Å². The molecular weight excluding hydrogens is 465 g/mol. The molecule has 0 spiro atoms. The van der Waals surface area contributed by atoms with Crippen molar-refractivity contribution in [2.24, 2.45) is 0 Å². The summed E-state index contributed by atoms with van der Waals surface area (Å²) in [6.07, 6.45) is 2.12. The number of methoxy groups -OCH3 is 1. The van der Waals surface area contributed by atoms with E-state index < -0.39 is 6.03 Å². The lowest BCUT2D eigenvalue weighted by Gasteiger charge is -2.27. The van der Waals surface area contributed by atoms with Gasteiger partial charge in [0.2, 0.25) is 5.91 Å². The number of benzene rings is 2. The van der Waals surface area contributed by atoms with Gasteiger partial charge in [0.15, 0.2) is 0 Å². The lowest BCUT2D eigenvalue weighted by Crippen LogP contribution is -2.44. The van der Waals surface area contributed by atoms with E-state index in [4.69, 9.17) is 13.9 Å². The molecule has 0 radical (unpaired) electrons. The molecule has 0 atom stereocenters. The Morgan fingerprint density at radius 1 is 1.00 bits per heavy atom. The Kier molecular flexibility index (Phi) is 10.3. The maximum atomic E-state index is 13.4. The van der Waals surface area contributed by atoms with E-state index in [9.17, 15) is 14.0 Å². The predicted octanol–water partition coefficient (Wildman–Crippen LogP) is 4.92. The van der Waals surface area contributed by atoms with Crippen LogP contribution in [0.2, 0.25) is 0 Å². The lowest BCUT2D eigenvalue weighted by atomic mass is 10.2. The van der Waals surface area contributed by atoms with Crippen LogP contribution >= 0.6 is 0 Å². The number of amides is 3. The Labute approximate surface area is 210 Å². The van der Waals surface area contributed by atoms with Crippen LogP contribution in [0.4, 0.5) is 14.9 Å². The maximum Gasteiger partial charge on any atom is 0.322 e. The molecule has 9 heteroatoms. The Balaban J connectivity index is 1.73. The number of rotatable bonds is 13. The van der Waals surface area contributed by atoms with E-state index >= 15 is 0 Å². The third-order valence-electron chi connectivity index (χ3n) is 5.44. The highest BCUT2D eigenvalue weighted by Crippen LogP contribution is 2.16. The number of hydrogen-bond acceptors (Lipinski definition) is 5. The maximum absolute atomic E-state index is 13.4. The molecule has 8 nitrogen and oxygen atoms in total. The first-order chi connectivity index (χ1) is 17.5. The zero-order valence-corrected chi connectivity index (χ0v) is 20.6. The van der Waals surface area contributed by atoms with Gasteiger partial charge in [0.1, 0.15) is 23.9 Å². The Morgan fingerprint density at radius 3 is 2.39 bits per heavy atom. The van der Waals surface area contributed by atoms with Crippen LogP contribution in [0.3, 0.4) is 0 Å². The molecule has 0 saturated heterocycles. The number of carbonyl (C=O) groups excluding carboxylic acids is 2. The summed E-state index contributed by atoms with van der Waals surface area (Å²) in [4.78, 5) is 29.6. The van der Waals surface area contributed by atoms with Gasteiger partial charge in [-0.15, -0.1) is 0 Å². The summed E-state index contributed by atoms with van der Waals surface area (Å²) in [7, 11) is 1.57. The van der Waals surface area contributed by atoms with Crippen molar-refractivity contribution in [3.63, 3.8) is 0 Å². The number of anilines is 1. The van der Waals surface area contributed by atoms with Crippen LogP contribution in [-0.2, 0) is 22.6 Å². The Hall–Kier alpha value is -3.85. The zero-order chi connectivity index (χ0) is 25.8. The minimum Gasteiger partial charge on any atom is -0.497 e. The molecule has 1 aromatic heterocycles. The molecule has 2 aromatic carbocycles. The number of carbonyl (C=O) groups is 2. The molecule has 0 bridgehead atoms. The first-order valence-corrected chi connectivity index (χ1v) is 11.8. The van der Waals surface area contributed by atoms with Crippen molar-refractivity contribution in [2.45, 2.75) is 26.4 Å². The van der Waals surface area contributed by atoms with Gasteiger partial charge in [0.25, 0.3) is 0 Å². The van der Waals surface area contributed by atoms with Gasteiger partial charge < -0.3 is 29.0 Å². The third kappa shape index (κ3) is 8.42. The fourth-order valence-electron chi connectivity index (χ4n) is 3.53. The number of nitrogens with one attached hydrogen (secondary N) is 1. The van der Waals surface area contributed by atoms with Crippen molar-refractivity contribution in [2.75, 3.05) is 38.7 Å². The van der Waals surface area contributed by atoms with Gasteiger partial charge in [-0.25, -0.2) is 9.18 Å². The SMILES string of the molecule is CCOCCCN(CC(=O)N(Cc1ccc(F)cc1)Cc1ccco1)C(=O)Nc1ccc(OC)cc1. The smallest absolute Gasteiger partial charge is 0.322 e. The van der Waals surface area contributed by atoms with E-state index in [0.29, 0.717) is 43.4 Å². The number of hydrogen-bond donors (Lipinski definition) is 1. The molecule has 3 rings (SSSR count). The molecule has 3 amide bonds. The highest BCUT2D eigenvalue weighted by molar-refractivity contribution is 5.92. The van der Waals surface area contributed by atoms with Crippen molar-refractivity contribution in [3.05, 3.63) is 84.1 Å². The summed E-state index contributed by atoms with van der Waals surface area (Å²) >= 11 is 0. The molecule has 0 saturated carbocycles. The minimum atomic E-state index is -0.398. The number of urea groups is 1. The van der Waals surface area contributed by atoms with Crippen molar-refractivity contribution in [1.29, 1.82) is 0 Å².